The minimum absolute atomic E-state index is 0.135. The van der Waals surface area contributed by atoms with Crippen molar-refractivity contribution in [2.45, 2.75) is 18.9 Å². The molecule has 0 radical (unpaired) electrons. The molecule has 110 valence electrons. The molecule has 3 N–H and O–H groups in total. The normalized spacial score (nSPS) is 17.0. The molecule has 21 heavy (non-hydrogen) atoms. The standard InChI is InChI=1S/C17H19FN2O/c18-14-5-6-17(21)13(9-14)11-20-10-12(7-8-19)15-3-1-2-4-16(15)20/h1-6,9,12,21H,7-8,10-11,19H2. The molecule has 0 aromatic heterocycles. The first-order valence-electron chi connectivity index (χ1n) is 7.20. The number of anilines is 1. The molecule has 1 unspecified atom stereocenters. The van der Waals surface area contributed by atoms with Crippen LogP contribution in [0.15, 0.2) is 42.5 Å². The molecule has 1 aliphatic heterocycles. The number of aromatic hydroxyl groups is 1. The summed E-state index contributed by atoms with van der Waals surface area (Å²) in [5.74, 6) is 0.215. The number of benzene rings is 2. The molecule has 0 saturated carbocycles. The molecule has 0 saturated heterocycles. The molecule has 0 bridgehead atoms. The highest BCUT2D eigenvalue weighted by atomic mass is 19.1. The Hall–Kier alpha value is -2.07. The molecule has 1 heterocycles. The van der Waals surface area contributed by atoms with Crippen LogP contribution in [0.4, 0.5) is 10.1 Å². The maximum absolute atomic E-state index is 13.4. The minimum Gasteiger partial charge on any atom is -0.508 e. The first-order valence-corrected chi connectivity index (χ1v) is 7.20. The summed E-state index contributed by atoms with van der Waals surface area (Å²) in [5.41, 5.74) is 8.75. The van der Waals surface area contributed by atoms with Gasteiger partial charge in [-0.25, -0.2) is 4.39 Å². The number of rotatable bonds is 4. The Morgan fingerprint density at radius 2 is 2.05 bits per heavy atom. The third-order valence-electron chi connectivity index (χ3n) is 4.08. The molecule has 0 aliphatic carbocycles. The zero-order valence-electron chi connectivity index (χ0n) is 11.8. The van der Waals surface area contributed by atoms with E-state index in [1.165, 1.54) is 23.8 Å². The number of para-hydroxylation sites is 1. The molecule has 0 fully saturated rings. The lowest BCUT2D eigenvalue weighted by atomic mass is 9.98. The monoisotopic (exact) mass is 286 g/mol. The van der Waals surface area contributed by atoms with Crippen LogP contribution >= 0.6 is 0 Å². The van der Waals surface area contributed by atoms with E-state index in [-0.39, 0.29) is 11.6 Å². The van der Waals surface area contributed by atoms with Crippen LogP contribution in [-0.2, 0) is 6.54 Å². The predicted octanol–water partition coefficient (Wildman–Crippen LogP) is 2.98. The summed E-state index contributed by atoms with van der Waals surface area (Å²) in [7, 11) is 0. The van der Waals surface area contributed by atoms with Crippen molar-refractivity contribution >= 4 is 5.69 Å². The van der Waals surface area contributed by atoms with E-state index in [0.717, 1.165) is 18.7 Å². The Labute approximate surface area is 123 Å². The van der Waals surface area contributed by atoms with Crippen LogP contribution in [0.2, 0.25) is 0 Å². The van der Waals surface area contributed by atoms with Crippen molar-refractivity contribution in [3.8, 4) is 5.75 Å². The zero-order chi connectivity index (χ0) is 14.8. The smallest absolute Gasteiger partial charge is 0.123 e. The van der Waals surface area contributed by atoms with Gasteiger partial charge < -0.3 is 15.7 Å². The van der Waals surface area contributed by atoms with Gasteiger partial charge in [-0.15, -0.1) is 0 Å². The number of nitrogens with zero attached hydrogens (tertiary/aromatic N) is 1. The molecule has 2 aromatic rings. The van der Waals surface area contributed by atoms with Gasteiger partial charge >= 0.3 is 0 Å². The van der Waals surface area contributed by atoms with Crippen LogP contribution in [-0.4, -0.2) is 18.2 Å². The van der Waals surface area contributed by atoms with Crippen molar-refractivity contribution in [2.75, 3.05) is 18.0 Å². The van der Waals surface area contributed by atoms with Crippen molar-refractivity contribution in [1.82, 2.24) is 0 Å². The Morgan fingerprint density at radius 1 is 1.24 bits per heavy atom. The molecule has 4 heteroatoms. The first kappa shape index (κ1) is 13.9. The second-order valence-corrected chi connectivity index (χ2v) is 5.49. The Kier molecular flexibility index (Phi) is 3.80. The summed E-state index contributed by atoms with van der Waals surface area (Å²) in [6, 6.07) is 12.3. The average molecular weight is 286 g/mol. The van der Waals surface area contributed by atoms with E-state index < -0.39 is 0 Å². The largest absolute Gasteiger partial charge is 0.508 e. The number of fused-ring (bicyclic) bond motifs is 1. The van der Waals surface area contributed by atoms with Crippen LogP contribution < -0.4 is 10.6 Å². The fourth-order valence-electron chi connectivity index (χ4n) is 3.07. The maximum Gasteiger partial charge on any atom is 0.123 e. The average Bonchev–Trinajstić information content (AvgIpc) is 2.82. The SMILES string of the molecule is NCCC1CN(Cc2cc(F)ccc2O)c2ccccc21. The van der Waals surface area contributed by atoms with Crippen molar-refractivity contribution < 1.29 is 9.50 Å². The third-order valence-corrected chi connectivity index (χ3v) is 4.08. The quantitative estimate of drug-likeness (QED) is 0.908. The molecule has 1 aliphatic rings. The predicted molar refractivity (Wildman–Crippen MR) is 82.0 cm³/mol. The lowest BCUT2D eigenvalue weighted by Gasteiger charge is -2.20. The van der Waals surface area contributed by atoms with Crippen molar-refractivity contribution in [2.24, 2.45) is 5.73 Å². The van der Waals surface area contributed by atoms with Gasteiger partial charge in [0, 0.05) is 30.3 Å². The summed E-state index contributed by atoms with van der Waals surface area (Å²) < 4.78 is 13.4. The van der Waals surface area contributed by atoms with Crippen LogP contribution in [0.5, 0.6) is 5.75 Å². The van der Waals surface area contributed by atoms with E-state index in [2.05, 4.69) is 17.0 Å². The highest BCUT2D eigenvalue weighted by molar-refractivity contribution is 5.60. The number of hydrogen-bond donors (Lipinski definition) is 2. The van der Waals surface area contributed by atoms with Gasteiger partial charge in [0.1, 0.15) is 11.6 Å². The topological polar surface area (TPSA) is 49.5 Å². The molecule has 3 rings (SSSR count). The van der Waals surface area contributed by atoms with E-state index in [4.69, 9.17) is 5.73 Å². The van der Waals surface area contributed by atoms with E-state index in [1.54, 1.807) is 0 Å². The van der Waals surface area contributed by atoms with Crippen LogP contribution in [0.1, 0.15) is 23.5 Å². The lowest BCUT2D eigenvalue weighted by molar-refractivity contribution is 0.464. The van der Waals surface area contributed by atoms with Crippen LogP contribution in [0.3, 0.4) is 0 Å². The highest BCUT2D eigenvalue weighted by Crippen LogP contribution is 2.39. The van der Waals surface area contributed by atoms with Crippen molar-refractivity contribution in [3.05, 3.63) is 59.4 Å². The third kappa shape index (κ3) is 2.72. The summed E-state index contributed by atoms with van der Waals surface area (Å²) in [6.07, 6.45) is 0.933. The summed E-state index contributed by atoms with van der Waals surface area (Å²) in [5, 5.41) is 9.90. The van der Waals surface area contributed by atoms with Gasteiger partial charge in [-0.05, 0) is 42.8 Å². The number of nitrogens with two attached hydrogens (primary N) is 1. The molecule has 1 atom stereocenters. The maximum atomic E-state index is 13.4. The summed E-state index contributed by atoms with van der Waals surface area (Å²) in [6.45, 7) is 2.01. The van der Waals surface area contributed by atoms with Gasteiger partial charge in [0.25, 0.3) is 0 Å². The molecule has 0 amide bonds. The van der Waals surface area contributed by atoms with E-state index in [1.807, 2.05) is 12.1 Å². The summed E-state index contributed by atoms with van der Waals surface area (Å²) >= 11 is 0. The second-order valence-electron chi connectivity index (χ2n) is 5.49. The molecule has 2 aromatic carbocycles. The fourth-order valence-corrected chi connectivity index (χ4v) is 3.07. The Bertz CT molecular complexity index is 644. The number of phenols is 1. The van der Waals surface area contributed by atoms with E-state index >= 15 is 0 Å². The van der Waals surface area contributed by atoms with Gasteiger partial charge in [-0.3, -0.25) is 0 Å². The first-order chi connectivity index (χ1) is 10.2. The fraction of sp³-hybridized carbons (Fsp3) is 0.294. The Balaban J connectivity index is 1.88. The van der Waals surface area contributed by atoms with Crippen molar-refractivity contribution in [3.63, 3.8) is 0 Å². The molecule has 0 spiro atoms. The molecular weight excluding hydrogens is 267 g/mol. The summed E-state index contributed by atoms with van der Waals surface area (Å²) in [4.78, 5) is 2.18. The van der Waals surface area contributed by atoms with Gasteiger partial charge in [-0.1, -0.05) is 18.2 Å². The molecule has 3 nitrogen and oxygen atoms in total. The van der Waals surface area contributed by atoms with E-state index in [9.17, 15) is 9.50 Å². The Morgan fingerprint density at radius 3 is 2.86 bits per heavy atom. The highest BCUT2D eigenvalue weighted by Gasteiger charge is 2.28. The lowest BCUT2D eigenvalue weighted by Crippen LogP contribution is -2.22. The zero-order valence-corrected chi connectivity index (χ0v) is 11.8. The van der Waals surface area contributed by atoms with Crippen molar-refractivity contribution in [1.29, 1.82) is 0 Å². The molecular formula is C17H19FN2O. The van der Waals surface area contributed by atoms with E-state index in [0.29, 0.717) is 24.6 Å². The number of phenolic OH excluding ortho intramolecular Hbond substituents is 1. The van der Waals surface area contributed by atoms with Gasteiger partial charge in [-0.2, -0.15) is 0 Å². The van der Waals surface area contributed by atoms with Gasteiger partial charge in [0.05, 0.1) is 0 Å². The van der Waals surface area contributed by atoms with Crippen LogP contribution in [0, 0.1) is 5.82 Å². The number of hydrogen-bond acceptors (Lipinski definition) is 3. The van der Waals surface area contributed by atoms with Gasteiger partial charge in [0.15, 0.2) is 0 Å². The van der Waals surface area contributed by atoms with Gasteiger partial charge in [0.2, 0.25) is 0 Å². The number of halogens is 1. The second kappa shape index (κ2) is 5.74. The van der Waals surface area contributed by atoms with Crippen LogP contribution in [0.25, 0.3) is 0 Å². The minimum atomic E-state index is -0.325.